The molecule has 5 nitrogen and oxygen atoms in total. The van der Waals surface area contributed by atoms with Gasteiger partial charge in [-0.15, -0.1) is 11.3 Å². The molecule has 1 aromatic heterocycles. The van der Waals surface area contributed by atoms with Gasteiger partial charge in [-0.2, -0.15) is 0 Å². The van der Waals surface area contributed by atoms with Crippen molar-refractivity contribution >= 4 is 22.4 Å². The number of carbonyl (C=O) groups is 1. The fourth-order valence-electron chi connectivity index (χ4n) is 2.73. The molecule has 6 heteroatoms. The fourth-order valence-corrected chi connectivity index (χ4v) is 3.56. The molecular formula is C21H22N2O3S. The van der Waals surface area contributed by atoms with Gasteiger partial charge in [0.2, 0.25) is 0 Å². The third-order valence-corrected chi connectivity index (χ3v) is 4.84. The molecule has 0 saturated heterocycles. The maximum atomic E-state index is 12.5. The molecule has 0 atom stereocenters. The number of benzene rings is 2. The molecule has 27 heavy (non-hydrogen) atoms. The van der Waals surface area contributed by atoms with Crippen LogP contribution < -0.4 is 10.1 Å². The molecule has 0 aliphatic carbocycles. The van der Waals surface area contributed by atoms with E-state index < -0.39 is 0 Å². The summed E-state index contributed by atoms with van der Waals surface area (Å²) in [4.78, 5) is 18.2. The molecule has 0 unspecified atom stereocenters. The molecule has 0 fully saturated rings. The molecule has 0 aliphatic heterocycles. The Hall–Kier alpha value is -2.70. The summed E-state index contributed by atoms with van der Waals surface area (Å²) in [5, 5.41) is 3.48. The van der Waals surface area contributed by atoms with Crippen LogP contribution >= 0.6 is 11.3 Å². The number of hydrogen-bond donors (Lipinski definition) is 1. The van der Waals surface area contributed by atoms with Crippen LogP contribution in [0.25, 0.3) is 11.3 Å². The molecule has 0 radical (unpaired) electrons. The highest BCUT2D eigenvalue weighted by Crippen LogP contribution is 2.31. The standard InChI is InChI=1S/C21H22N2O3S/c1-4-26-18-10-8-16(9-11-18)19-14(2)27-21(22-19)23-20(24)17-7-5-6-15(12-17)13-25-3/h5-12H,4,13H2,1-3H3,(H,22,23,24). The van der Waals surface area contributed by atoms with E-state index in [-0.39, 0.29) is 5.91 Å². The van der Waals surface area contributed by atoms with Gasteiger partial charge in [0.25, 0.3) is 5.91 Å². The van der Waals surface area contributed by atoms with E-state index in [4.69, 9.17) is 9.47 Å². The van der Waals surface area contributed by atoms with Gasteiger partial charge in [-0.1, -0.05) is 12.1 Å². The first-order valence-electron chi connectivity index (χ1n) is 8.70. The van der Waals surface area contributed by atoms with Crippen molar-refractivity contribution in [2.75, 3.05) is 19.0 Å². The minimum Gasteiger partial charge on any atom is -0.494 e. The van der Waals surface area contributed by atoms with Gasteiger partial charge in [0.1, 0.15) is 5.75 Å². The first-order chi connectivity index (χ1) is 13.1. The van der Waals surface area contributed by atoms with Crippen molar-refractivity contribution in [3.05, 3.63) is 64.5 Å². The molecule has 3 aromatic rings. The zero-order valence-corrected chi connectivity index (χ0v) is 16.4. The zero-order valence-electron chi connectivity index (χ0n) is 15.6. The van der Waals surface area contributed by atoms with Crippen LogP contribution in [0.15, 0.2) is 48.5 Å². The smallest absolute Gasteiger partial charge is 0.257 e. The van der Waals surface area contributed by atoms with Crippen LogP contribution in [0.3, 0.4) is 0 Å². The number of methoxy groups -OCH3 is 1. The van der Waals surface area contributed by atoms with Crippen molar-refractivity contribution in [2.24, 2.45) is 0 Å². The molecule has 2 aromatic carbocycles. The third-order valence-electron chi connectivity index (χ3n) is 3.96. The van der Waals surface area contributed by atoms with E-state index in [9.17, 15) is 4.79 Å². The number of nitrogens with zero attached hydrogens (tertiary/aromatic N) is 1. The summed E-state index contributed by atoms with van der Waals surface area (Å²) in [6, 6.07) is 15.2. The van der Waals surface area contributed by atoms with E-state index in [1.807, 2.05) is 56.3 Å². The van der Waals surface area contributed by atoms with Gasteiger partial charge in [-0.05, 0) is 55.8 Å². The van der Waals surface area contributed by atoms with Crippen LogP contribution in [0.5, 0.6) is 5.75 Å². The van der Waals surface area contributed by atoms with Crippen molar-refractivity contribution in [3.63, 3.8) is 0 Å². The van der Waals surface area contributed by atoms with Crippen LogP contribution in [0.2, 0.25) is 0 Å². The number of aryl methyl sites for hydroxylation is 1. The number of carbonyl (C=O) groups excluding carboxylic acids is 1. The Labute approximate surface area is 163 Å². The highest BCUT2D eigenvalue weighted by atomic mass is 32.1. The predicted octanol–water partition coefficient (Wildman–Crippen LogP) is 4.92. The van der Waals surface area contributed by atoms with Crippen molar-refractivity contribution in [1.82, 2.24) is 4.98 Å². The van der Waals surface area contributed by atoms with Gasteiger partial charge in [0.15, 0.2) is 5.13 Å². The summed E-state index contributed by atoms with van der Waals surface area (Å²) in [6.07, 6.45) is 0. The average molecular weight is 382 g/mol. The number of hydrogen-bond acceptors (Lipinski definition) is 5. The van der Waals surface area contributed by atoms with E-state index >= 15 is 0 Å². The number of nitrogens with one attached hydrogen (secondary N) is 1. The Morgan fingerprint density at radius 3 is 2.67 bits per heavy atom. The molecule has 1 heterocycles. The molecule has 1 N–H and O–H groups in total. The lowest BCUT2D eigenvalue weighted by Crippen LogP contribution is -2.12. The van der Waals surface area contributed by atoms with E-state index in [0.717, 1.165) is 27.4 Å². The van der Waals surface area contributed by atoms with Gasteiger partial charge in [0, 0.05) is 23.1 Å². The minimum absolute atomic E-state index is 0.181. The zero-order chi connectivity index (χ0) is 19.2. The summed E-state index contributed by atoms with van der Waals surface area (Å²) in [5.74, 6) is 0.651. The highest BCUT2D eigenvalue weighted by Gasteiger charge is 2.13. The van der Waals surface area contributed by atoms with Gasteiger partial charge in [-0.3, -0.25) is 10.1 Å². The van der Waals surface area contributed by atoms with Gasteiger partial charge >= 0.3 is 0 Å². The number of amides is 1. The lowest BCUT2D eigenvalue weighted by Gasteiger charge is -2.05. The normalized spacial score (nSPS) is 10.6. The van der Waals surface area contributed by atoms with E-state index in [2.05, 4.69) is 10.3 Å². The molecule has 0 saturated carbocycles. The van der Waals surface area contributed by atoms with E-state index in [1.54, 1.807) is 13.2 Å². The monoisotopic (exact) mass is 382 g/mol. The first kappa shape index (κ1) is 19.1. The number of aromatic nitrogens is 1. The van der Waals surface area contributed by atoms with Crippen LogP contribution in [0.4, 0.5) is 5.13 Å². The molecule has 3 rings (SSSR count). The van der Waals surface area contributed by atoms with Crippen LogP contribution in [0.1, 0.15) is 27.7 Å². The minimum atomic E-state index is -0.181. The van der Waals surface area contributed by atoms with Crippen molar-refractivity contribution < 1.29 is 14.3 Å². The summed E-state index contributed by atoms with van der Waals surface area (Å²) < 4.78 is 10.6. The van der Waals surface area contributed by atoms with E-state index in [1.165, 1.54) is 11.3 Å². The maximum Gasteiger partial charge on any atom is 0.257 e. The van der Waals surface area contributed by atoms with Crippen molar-refractivity contribution in [1.29, 1.82) is 0 Å². The third kappa shape index (κ3) is 4.72. The quantitative estimate of drug-likeness (QED) is 0.630. The Balaban J connectivity index is 1.76. The number of anilines is 1. The summed E-state index contributed by atoms with van der Waals surface area (Å²) in [7, 11) is 1.63. The highest BCUT2D eigenvalue weighted by molar-refractivity contribution is 7.16. The Kier molecular flexibility index (Phi) is 6.21. The summed E-state index contributed by atoms with van der Waals surface area (Å²) >= 11 is 1.46. The Bertz CT molecular complexity index is 919. The van der Waals surface area contributed by atoms with Gasteiger partial charge in [-0.25, -0.2) is 4.98 Å². The van der Waals surface area contributed by atoms with Crippen LogP contribution in [-0.2, 0) is 11.3 Å². The molecule has 0 spiro atoms. The first-order valence-corrected chi connectivity index (χ1v) is 9.52. The lowest BCUT2D eigenvalue weighted by atomic mass is 10.1. The van der Waals surface area contributed by atoms with Gasteiger partial charge < -0.3 is 9.47 Å². The molecule has 140 valence electrons. The number of thiazole rings is 1. The maximum absolute atomic E-state index is 12.5. The molecule has 1 amide bonds. The van der Waals surface area contributed by atoms with Crippen molar-refractivity contribution in [3.8, 4) is 17.0 Å². The predicted molar refractivity (Wildman–Crippen MR) is 109 cm³/mol. The van der Waals surface area contributed by atoms with Crippen LogP contribution in [-0.4, -0.2) is 24.6 Å². The molecule has 0 bridgehead atoms. The molecule has 0 aliphatic rings. The average Bonchev–Trinajstić information content (AvgIpc) is 3.03. The van der Waals surface area contributed by atoms with E-state index in [0.29, 0.717) is 23.9 Å². The Morgan fingerprint density at radius 1 is 1.19 bits per heavy atom. The Morgan fingerprint density at radius 2 is 1.96 bits per heavy atom. The second-order valence-electron chi connectivity index (χ2n) is 5.97. The molecular weight excluding hydrogens is 360 g/mol. The summed E-state index contributed by atoms with van der Waals surface area (Å²) in [5.41, 5.74) is 3.40. The van der Waals surface area contributed by atoms with Gasteiger partial charge in [0.05, 0.1) is 18.9 Å². The van der Waals surface area contributed by atoms with Crippen molar-refractivity contribution in [2.45, 2.75) is 20.5 Å². The second kappa shape index (κ2) is 8.79. The lowest BCUT2D eigenvalue weighted by molar-refractivity contribution is 0.102. The second-order valence-corrected chi connectivity index (χ2v) is 7.17. The SMILES string of the molecule is CCOc1ccc(-c2nc(NC(=O)c3cccc(COC)c3)sc2C)cc1. The topological polar surface area (TPSA) is 60.5 Å². The number of ether oxygens (including phenoxy) is 2. The van der Waals surface area contributed by atoms with Crippen LogP contribution in [0, 0.1) is 6.92 Å². The summed E-state index contributed by atoms with van der Waals surface area (Å²) in [6.45, 7) is 5.06. The fraction of sp³-hybridized carbons (Fsp3) is 0.238. The largest absolute Gasteiger partial charge is 0.494 e. The number of rotatable bonds is 7.